The first-order valence-electron chi connectivity index (χ1n) is 16.3. The summed E-state index contributed by atoms with van der Waals surface area (Å²) in [5, 5.41) is 0. The summed E-state index contributed by atoms with van der Waals surface area (Å²) in [4.78, 5) is 32.6. The zero-order chi connectivity index (χ0) is 32.7. The number of amides is 2. The van der Waals surface area contributed by atoms with E-state index in [4.69, 9.17) is 4.74 Å². The van der Waals surface area contributed by atoms with Crippen molar-refractivity contribution in [2.45, 2.75) is 69.8 Å². The van der Waals surface area contributed by atoms with Crippen molar-refractivity contribution in [3.63, 3.8) is 0 Å². The van der Waals surface area contributed by atoms with Gasteiger partial charge in [-0.2, -0.15) is 13.2 Å². The molecule has 1 aliphatic carbocycles. The predicted molar refractivity (Wildman–Crippen MR) is 172 cm³/mol. The number of hydrogen-bond acceptors (Lipinski definition) is 4. The summed E-state index contributed by atoms with van der Waals surface area (Å²) >= 11 is 0. The Bertz CT molecular complexity index is 1410. The largest absolute Gasteiger partial charge is 0.445 e. The van der Waals surface area contributed by atoms with Crippen LogP contribution in [0.5, 0.6) is 0 Å². The number of piperidine rings is 1. The Kier molecular flexibility index (Phi) is 11.0. The fraction of sp³-hybridized carbons (Fsp3) is 0.459. The van der Waals surface area contributed by atoms with Gasteiger partial charge >= 0.3 is 12.3 Å². The van der Waals surface area contributed by atoms with Gasteiger partial charge in [-0.25, -0.2) is 4.79 Å². The normalized spacial score (nSPS) is 20.8. The average Bonchev–Trinajstić information content (AvgIpc) is 3.50. The molecule has 1 aliphatic heterocycles. The highest BCUT2D eigenvalue weighted by Gasteiger charge is 2.40. The van der Waals surface area contributed by atoms with Gasteiger partial charge in [-0.3, -0.25) is 4.79 Å². The van der Waals surface area contributed by atoms with Crippen LogP contribution in [0.2, 0.25) is 0 Å². The molecule has 5 rings (SSSR count). The smallest absolute Gasteiger partial charge is 0.416 e. The second-order valence-electron chi connectivity index (χ2n) is 12.7. The highest BCUT2D eigenvalue weighted by molar-refractivity contribution is 5.94. The van der Waals surface area contributed by atoms with Gasteiger partial charge in [0, 0.05) is 50.9 Å². The topological polar surface area (TPSA) is 53.1 Å². The SMILES string of the molecule is CCCN(C(=O)OCc1ccc(C(F)(F)F)cc1)C1CCN(C[C@H]2CC(N(C)C(=O)c3ccccc3)C[C@@H]2c2ccccc2)CC1. The van der Waals surface area contributed by atoms with Crippen molar-refractivity contribution in [1.29, 1.82) is 0 Å². The molecule has 3 aromatic carbocycles. The van der Waals surface area contributed by atoms with Crippen LogP contribution in [-0.4, -0.2) is 72.0 Å². The molecule has 1 heterocycles. The van der Waals surface area contributed by atoms with Gasteiger partial charge in [0.05, 0.1) is 5.56 Å². The van der Waals surface area contributed by atoms with Gasteiger partial charge in [-0.1, -0.05) is 67.6 Å². The molecule has 246 valence electrons. The van der Waals surface area contributed by atoms with E-state index < -0.39 is 17.8 Å². The van der Waals surface area contributed by atoms with Crippen LogP contribution >= 0.6 is 0 Å². The first-order chi connectivity index (χ1) is 22.1. The van der Waals surface area contributed by atoms with Crippen LogP contribution in [0.4, 0.5) is 18.0 Å². The third-order valence-electron chi connectivity index (χ3n) is 9.62. The highest BCUT2D eigenvalue weighted by Crippen LogP contribution is 2.42. The third-order valence-corrected chi connectivity index (χ3v) is 9.62. The number of alkyl halides is 3. The van der Waals surface area contributed by atoms with Gasteiger partial charge in [0.1, 0.15) is 6.61 Å². The van der Waals surface area contributed by atoms with Gasteiger partial charge in [-0.15, -0.1) is 0 Å². The van der Waals surface area contributed by atoms with Crippen molar-refractivity contribution >= 4 is 12.0 Å². The summed E-state index contributed by atoms with van der Waals surface area (Å²) in [7, 11) is 1.93. The van der Waals surface area contributed by atoms with E-state index >= 15 is 0 Å². The molecule has 1 unspecified atom stereocenters. The monoisotopic (exact) mass is 635 g/mol. The van der Waals surface area contributed by atoms with Crippen molar-refractivity contribution in [3.05, 3.63) is 107 Å². The van der Waals surface area contributed by atoms with Gasteiger partial charge < -0.3 is 19.4 Å². The molecule has 46 heavy (non-hydrogen) atoms. The minimum Gasteiger partial charge on any atom is -0.445 e. The van der Waals surface area contributed by atoms with E-state index in [-0.39, 0.29) is 24.6 Å². The predicted octanol–water partition coefficient (Wildman–Crippen LogP) is 7.85. The molecule has 1 saturated heterocycles. The van der Waals surface area contributed by atoms with Crippen LogP contribution in [-0.2, 0) is 17.5 Å². The van der Waals surface area contributed by atoms with Crippen LogP contribution < -0.4 is 0 Å². The number of benzene rings is 3. The van der Waals surface area contributed by atoms with Gasteiger partial charge in [-0.05, 0) is 79.3 Å². The minimum absolute atomic E-state index is 0.0483. The van der Waals surface area contributed by atoms with Crippen molar-refractivity contribution in [2.24, 2.45) is 5.92 Å². The number of rotatable bonds is 10. The van der Waals surface area contributed by atoms with Gasteiger partial charge in [0.25, 0.3) is 5.91 Å². The Morgan fingerprint density at radius 1 is 0.870 bits per heavy atom. The summed E-state index contributed by atoms with van der Waals surface area (Å²) < 4.78 is 44.2. The number of ether oxygens (including phenoxy) is 1. The molecule has 0 bridgehead atoms. The lowest BCUT2D eigenvalue weighted by Gasteiger charge is -2.39. The molecule has 2 aliphatic rings. The van der Waals surface area contributed by atoms with Crippen molar-refractivity contribution in [1.82, 2.24) is 14.7 Å². The molecule has 0 spiro atoms. The summed E-state index contributed by atoms with van der Waals surface area (Å²) in [5.74, 6) is 0.808. The molecular weight excluding hydrogens is 591 g/mol. The summed E-state index contributed by atoms with van der Waals surface area (Å²) in [6.45, 7) is 5.17. The molecule has 0 N–H and O–H groups in total. The maximum Gasteiger partial charge on any atom is 0.416 e. The molecule has 3 atom stereocenters. The second kappa shape index (κ2) is 15.2. The van der Waals surface area contributed by atoms with E-state index in [0.717, 1.165) is 63.9 Å². The zero-order valence-corrected chi connectivity index (χ0v) is 26.7. The molecular formula is C37H44F3N3O3. The van der Waals surface area contributed by atoms with E-state index in [1.165, 1.54) is 17.7 Å². The first-order valence-corrected chi connectivity index (χ1v) is 16.3. The average molecular weight is 636 g/mol. The molecule has 0 aromatic heterocycles. The molecule has 6 nitrogen and oxygen atoms in total. The van der Waals surface area contributed by atoms with E-state index in [1.54, 1.807) is 4.90 Å². The first kappa shape index (κ1) is 33.5. The van der Waals surface area contributed by atoms with E-state index in [1.807, 2.05) is 55.3 Å². The fourth-order valence-corrected chi connectivity index (χ4v) is 7.10. The molecule has 2 fully saturated rings. The maximum atomic E-state index is 13.3. The van der Waals surface area contributed by atoms with Crippen molar-refractivity contribution in [2.75, 3.05) is 33.2 Å². The maximum absolute atomic E-state index is 13.3. The Morgan fingerprint density at radius 2 is 1.50 bits per heavy atom. The molecule has 2 amide bonds. The summed E-state index contributed by atoms with van der Waals surface area (Å²) in [5.41, 5.74) is 1.82. The number of nitrogens with zero attached hydrogens (tertiary/aromatic N) is 3. The minimum atomic E-state index is -4.40. The molecule has 0 radical (unpaired) electrons. The number of hydrogen-bond donors (Lipinski definition) is 0. The Balaban J connectivity index is 1.18. The van der Waals surface area contributed by atoms with Gasteiger partial charge in [0.2, 0.25) is 0 Å². The van der Waals surface area contributed by atoms with Gasteiger partial charge in [0.15, 0.2) is 0 Å². The van der Waals surface area contributed by atoms with Crippen LogP contribution in [0.25, 0.3) is 0 Å². The summed E-state index contributed by atoms with van der Waals surface area (Å²) in [6, 6.07) is 25.0. The quantitative estimate of drug-likeness (QED) is 0.228. The second-order valence-corrected chi connectivity index (χ2v) is 12.7. The molecule has 1 saturated carbocycles. The molecule has 9 heteroatoms. The Labute approximate surface area is 270 Å². The fourth-order valence-electron chi connectivity index (χ4n) is 7.10. The zero-order valence-electron chi connectivity index (χ0n) is 26.7. The number of carbonyl (C=O) groups is 2. The van der Waals surface area contributed by atoms with E-state index in [2.05, 4.69) is 29.2 Å². The highest BCUT2D eigenvalue weighted by atomic mass is 19.4. The van der Waals surface area contributed by atoms with Crippen LogP contribution in [0, 0.1) is 5.92 Å². The van der Waals surface area contributed by atoms with Crippen molar-refractivity contribution in [3.8, 4) is 0 Å². The van der Waals surface area contributed by atoms with Crippen molar-refractivity contribution < 1.29 is 27.5 Å². The van der Waals surface area contributed by atoms with E-state index in [0.29, 0.717) is 29.5 Å². The number of halogens is 3. The standard InChI is InChI=1S/C37H44F3N3O3/c1-3-20-43(36(45)46-26-27-14-16-31(17-15-27)37(38,39)40)32-18-21-42(22-19-32)25-30-23-33(24-34(30)28-10-6-4-7-11-28)41(2)35(44)29-12-8-5-9-13-29/h4-17,30,32-34H,3,18-26H2,1-2H3/t30-,33?,34-/m1/s1. The van der Waals surface area contributed by atoms with E-state index in [9.17, 15) is 22.8 Å². The number of likely N-dealkylation sites (tertiary alicyclic amines) is 1. The third kappa shape index (κ3) is 8.29. The lowest BCUT2D eigenvalue weighted by atomic mass is 9.88. The van der Waals surface area contributed by atoms with Crippen LogP contribution in [0.3, 0.4) is 0 Å². The lowest BCUT2D eigenvalue weighted by molar-refractivity contribution is -0.137. The molecule has 3 aromatic rings. The Morgan fingerprint density at radius 3 is 2.11 bits per heavy atom. The van der Waals surface area contributed by atoms with Crippen LogP contribution in [0.15, 0.2) is 84.9 Å². The summed E-state index contributed by atoms with van der Waals surface area (Å²) in [6.07, 6.45) is -0.521. The van der Waals surface area contributed by atoms with Crippen LogP contribution in [0.1, 0.15) is 72.0 Å². The Hall–Kier alpha value is -3.85. The lowest BCUT2D eigenvalue weighted by Crippen LogP contribution is -2.48. The number of carbonyl (C=O) groups excluding carboxylic acids is 2.